The maximum Gasteiger partial charge on any atom is 0.269 e. The summed E-state index contributed by atoms with van der Waals surface area (Å²) in [7, 11) is 0. The first-order chi connectivity index (χ1) is 10.7. The lowest BCUT2D eigenvalue weighted by atomic mass is 10.2. The van der Waals surface area contributed by atoms with Crippen molar-refractivity contribution in [1.82, 2.24) is 19.6 Å². The number of aromatic nitrogens is 4. The van der Waals surface area contributed by atoms with E-state index >= 15 is 0 Å². The topological polar surface area (TPSA) is 98.2 Å². The molecular weight excluding hydrogens is 284 g/mol. The molecule has 0 unspecified atom stereocenters. The molecule has 0 saturated carbocycles. The summed E-state index contributed by atoms with van der Waals surface area (Å²) in [4.78, 5) is 18.8. The van der Waals surface area contributed by atoms with Gasteiger partial charge >= 0.3 is 0 Å². The average molecular weight is 298 g/mol. The fraction of sp³-hybridized carbons (Fsp3) is 0.214. The van der Waals surface area contributed by atoms with Crippen molar-refractivity contribution < 1.29 is 4.92 Å². The van der Waals surface area contributed by atoms with Gasteiger partial charge < -0.3 is 5.32 Å². The maximum absolute atomic E-state index is 10.7. The van der Waals surface area contributed by atoms with Gasteiger partial charge in [0.15, 0.2) is 0 Å². The smallest absolute Gasteiger partial charge is 0.269 e. The van der Waals surface area contributed by atoms with E-state index in [4.69, 9.17) is 0 Å². The molecule has 0 aliphatic carbocycles. The van der Waals surface area contributed by atoms with E-state index in [0.29, 0.717) is 5.78 Å². The van der Waals surface area contributed by atoms with Crippen LogP contribution in [0.1, 0.15) is 19.0 Å². The minimum atomic E-state index is -0.425. The van der Waals surface area contributed by atoms with Gasteiger partial charge in [0, 0.05) is 29.6 Å². The van der Waals surface area contributed by atoms with Gasteiger partial charge in [-0.05, 0) is 18.6 Å². The van der Waals surface area contributed by atoms with Gasteiger partial charge in [-0.3, -0.25) is 10.1 Å². The van der Waals surface area contributed by atoms with E-state index in [1.807, 2.05) is 6.07 Å². The standard InChI is InChI=1S/C14H14N6O2/c1-2-3-11-8-13(19-14(18-11)15-9-16-19)17-10-4-6-12(7-5-10)20(21)22/h4-9,17H,2-3H2,1H3. The monoisotopic (exact) mass is 298 g/mol. The lowest BCUT2D eigenvalue weighted by Crippen LogP contribution is -2.04. The van der Waals surface area contributed by atoms with Crippen LogP contribution >= 0.6 is 0 Å². The molecule has 0 atom stereocenters. The van der Waals surface area contributed by atoms with Gasteiger partial charge in [-0.1, -0.05) is 13.3 Å². The number of non-ortho nitro benzene ring substituents is 1. The SMILES string of the molecule is CCCc1cc(Nc2ccc([N+](=O)[O-])cc2)n2ncnc2n1. The summed E-state index contributed by atoms with van der Waals surface area (Å²) in [5.74, 6) is 1.25. The number of nitrogens with zero attached hydrogens (tertiary/aromatic N) is 5. The van der Waals surface area contributed by atoms with Crippen LogP contribution in [0.2, 0.25) is 0 Å². The zero-order valence-electron chi connectivity index (χ0n) is 11.9. The van der Waals surface area contributed by atoms with Crippen LogP contribution in [-0.2, 0) is 6.42 Å². The molecule has 8 heteroatoms. The molecule has 1 N–H and O–H groups in total. The van der Waals surface area contributed by atoms with Crippen molar-refractivity contribution in [2.24, 2.45) is 0 Å². The van der Waals surface area contributed by atoms with Gasteiger partial charge in [0.2, 0.25) is 0 Å². The average Bonchev–Trinajstić information content (AvgIpc) is 2.97. The number of anilines is 2. The van der Waals surface area contributed by atoms with Gasteiger partial charge in [-0.2, -0.15) is 14.6 Å². The molecule has 8 nitrogen and oxygen atoms in total. The minimum absolute atomic E-state index is 0.0536. The van der Waals surface area contributed by atoms with E-state index in [1.165, 1.54) is 18.5 Å². The van der Waals surface area contributed by atoms with Crippen LogP contribution in [0.5, 0.6) is 0 Å². The summed E-state index contributed by atoms with van der Waals surface area (Å²) in [6.45, 7) is 2.08. The largest absolute Gasteiger partial charge is 0.340 e. The summed E-state index contributed by atoms with van der Waals surface area (Å²) in [6.07, 6.45) is 3.27. The second-order valence-electron chi connectivity index (χ2n) is 4.78. The highest BCUT2D eigenvalue weighted by molar-refractivity contribution is 5.60. The first-order valence-electron chi connectivity index (χ1n) is 6.88. The Kier molecular flexibility index (Phi) is 3.65. The Morgan fingerprint density at radius 3 is 2.77 bits per heavy atom. The number of rotatable bonds is 5. The van der Waals surface area contributed by atoms with Gasteiger partial charge in [-0.25, -0.2) is 4.98 Å². The van der Waals surface area contributed by atoms with Gasteiger partial charge in [-0.15, -0.1) is 0 Å². The predicted molar refractivity (Wildman–Crippen MR) is 81.2 cm³/mol. The number of nitro groups is 1. The van der Waals surface area contributed by atoms with Crippen LogP contribution in [0.15, 0.2) is 36.7 Å². The van der Waals surface area contributed by atoms with Crippen LogP contribution in [0.3, 0.4) is 0 Å². The van der Waals surface area contributed by atoms with Crippen LogP contribution < -0.4 is 5.32 Å². The molecule has 0 saturated heterocycles. The molecule has 1 aromatic carbocycles. The molecular formula is C14H14N6O2. The molecule has 112 valence electrons. The van der Waals surface area contributed by atoms with Crippen molar-refractivity contribution in [3.63, 3.8) is 0 Å². The van der Waals surface area contributed by atoms with E-state index in [1.54, 1.807) is 16.6 Å². The Hall–Kier alpha value is -3.03. The fourth-order valence-corrected chi connectivity index (χ4v) is 2.15. The Morgan fingerprint density at radius 1 is 1.32 bits per heavy atom. The summed E-state index contributed by atoms with van der Waals surface area (Å²) in [5, 5.41) is 18.0. The first-order valence-corrected chi connectivity index (χ1v) is 6.88. The Balaban J connectivity index is 1.95. The number of nitrogens with one attached hydrogen (secondary N) is 1. The van der Waals surface area contributed by atoms with Gasteiger partial charge in [0.25, 0.3) is 11.5 Å². The molecule has 0 bridgehead atoms. The van der Waals surface area contributed by atoms with E-state index in [9.17, 15) is 10.1 Å². The van der Waals surface area contributed by atoms with E-state index in [2.05, 4.69) is 27.3 Å². The zero-order chi connectivity index (χ0) is 15.5. The molecule has 0 spiro atoms. The van der Waals surface area contributed by atoms with Crippen molar-refractivity contribution in [2.45, 2.75) is 19.8 Å². The third-order valence-electron chi connectivity index (χ3n) is 3.16. The summed E-state index contributed by atoms with van der Waals surface area (Å²) in [5.41, 5.74) is 1.71. The van der Waals surface area contributed by atoms with E-state index in [-0.39, 0.29) is 5.69 Å². The zero-order valence-corrected chi connectivity index (χ0v) is 11.9. The highest BCUT2D eigenvalue weighted by Gasteiger charge is 2.09. The summed E-state index contributed by atoms with van der Waals surface area (Å²) >= 11 is 0. The van der Waals surface area contributed by atoms with E-state index < -0.39 is 4.92 Å². The minimum Gasteiger partial charge on any atom is -0.340 e. The number of aryl methyl sites for hydroxylation is 1. The number of nitro benzene ring substituents is 1. The maximum atomic E-state index is 10.7. The molecule has 0 aliphatic rings. The van der Waals surface area contributed by atoms with E-state index in [0.717, 1.165) is 30.0 Å². The highest BCUT2D eigenvalue weighted by atomic mass is 16.6. The lowest BCUT2D eigenvalue weighted by Gasteiger charge is -2.09. The Bertz CT molecular complexity index is 812. The van der Waals surface area contributed by atoms with Crippen molar-refractivity contribution in [3.05, 3.63) is 52.5 Å². The van der Waals surface area contributed by atoms with Crippen LogP contribution in [0, 0.1) is 10.1 Å². The summed E-state index contributed by atoms with van der Waals surface area (Å²) in [6, 6.07) is 8.12. The molecule has 0 aliphatic heterocycles. The van der Waals surface area contributed by atoms with Gasteiger partial charge in [0.05, 0.1) is 4.92 Å². The number of hydrogen-bond acceptors (Lipinski definition) is 6. The van der Waals surface area contributed by atoms with Crippen molar-refractivity contribution in [2.75, 3.05) is 5.32 Å². The first kappa shape index (κ1) is 13.9. The summed E-state index contributed by atoms with van der Waals surface area (Å²) < 4.78 is 1.60. The Labute approximate surface area is 126 Å². The molecule has 0 fully saturated rings. The second kappa shape index (κ2) is 5.76. The fourth-order valence-electron chi connectivity index (χ4n) is 2.15. The number of benzene rings is 1. The van der Waals surface area contributed by atoms with Crippen LogP contribution in [-0.4, -0.2) is 24.5 Å². The Morgan fingerprint density at radius 2 is 2.09 bits per heavy atom. The predicted octanol–water partition coefficient (Wildman–Crippen LogP) is 2.73. The van der Waals surface area contributed by atoms with Gasteiger partial charge in [0.1, 0.15) is 12.1 Å². The highest BCUT2D eigenvalue weighted by Crippen LogP contribution is 2.21. The normalized spacial score (nSPS) is 10.8. The third-order valence-corrected chi connectivity index (χ3v) is 3.16. The quantitative estimate of drug-likeness (QED) is 0.574. The second-order valence-corrected chi connectivity index (χ2v) is 4.78. The number of fused-ring (bicyclic) bond motifs is 1. The molecule has 0 amide bonds. The van der Waals surface area contributed by atoms with Crippen molar-refractivity contribution in [3.8, 4) is 0 Å². The van der Waals surface area contributed by atoms with Crippen molar-refractivity contribution in [1.29, 1.82) is 0 Å². The number of hydrogen-bond donors (Lipinski definition) is 1. The van der Waals surface area contributed by atoms with Crippen LogP contribution in [0.25, 0.3) is 5.78 Å². The molecule has 22 heavy (non-hydrogen) atoms. The molecule has 3 aromatic rings. The molecule has 2 heterocycles. The van der Waals surface area contributed by atoms with Crippen LogP contribution in [0.4, 0.5) is 17.2 Å². The molecule has 0 radical (unpaired) electrons. The third kappa shape index (κ3) is 2.71. The molecule has 2 aromatic heterocycles. The molecule has 3 rings (SSSR count). The lowest BCUT2D eigenvalue weighted by molar-refractivity contribution is -0.384. The van der Waals surface area contributed by atoms with Crippen molar-refractivity contribution >= 4 is 23.0 Å².